The van der Waals surface area contributed by atoms with Gasteiger partial charge in [0, 0.05) is 35.5 Å². The number of azo groups is 1. The highest BCUT2D eigenvalue weighted by molar-refractivity contribution is 5.87. The minimum absolute atomic E-state index is 0.0369. The van der Waals surface area contributed by atoms with Crippen LogP contribution in [-0.4, -0.2) is 41.7 Å². The lowest BCUT2D eigenvalue weighted by Gasteiger charge is -2.34. The van der Waals surface area contributed by atoms with E-state index in [2.05, 4.69) is 15.0 Å². The standard InChI is InChI=1S/C14H10N2O4.C12H12N2O.C6H16N4/c17-9-20-13-7-5-12(6-8-13)16-15-11-3-1-10(2-4-11)14(18)19;13-9-1-5-11(6-2-9)15-12-7-3-10(14)4-8-12;7-3-1-4(8)6(10)2-5(3)9/h1-9H,(H,18,19);1-8H,13-14H2;3-6H,1-2,7-10H2. The van der Waals surface area contributed by atoms with Crippen molar-refractivity contribution in [3.8, 4) is 17.2 Å². The first kappa shape index (κ1) is 34.2. The average Bonchev–Trinajstić information content (AvgIpc) is 3.03. The van der Waals surface area contributed by atoms with E-state index in [4.69, 9.17) is 44.2 Å². The van der Waals surface area contributed by atoms with E-state index in [0.717, 1.165) is 35.7 Å². The van der Waals surface area contributed by atoms with Crippen molar-refractivity contribution in [3.63, 3.8) is 0 Å². The number of benzene rings is 4. The number of nitrogen functional groups attached to an aromatic ring is 2. The second kappa shape index (κ2) is 17.1. The van der Waals surface area contributed by atoms with Crippen molar-refractivity contribution in [1.82, 2.24) is 0 Å². The number of carbonyl (C=O) groups is 2. The first-order chi connectivity index (χ1) is 21.5. The van der Waals surface area contributed by atoms with Crippen molar-refractivity contribution in [2.45, 2.75) is 37.0 Å². The van der Waals surface area contributed by atoms with Crippen molar-refractivity contribution in [2.24, 2.45) is 33.2 Å². The number of nitrogens with zero attached hydrogens (tertiary/aromatic N) is 2. The molecule has 0 saturated heterocycles. The summed E-state index contributed by atoms with van der Waals surface area (Å²) in [5, 5.41) is 16.7. The molecule has 0 heterocycles. The van der Waals surface area contributed by atoms with Crippen molar-refractivity contribution in [2.75, 3.05) is 11.5 Å². The first-order valence-corrected chi connectivity index (χ1v) is 13.9. The van der Waals surface area contributed by atoms with Gasteiger partial charge in [0.15, 0.2) is 0 Å². The Hall–Kier alpha value is -5.34. The fourth-order valence-electron chi connectivity index (χ4n) is 3.97. The van der Waals surface area contributed by atoms with E-state index in [9.17, 15) is 9.59 Å². The molecule has 5 rings (SSSR count). The van der Waals surface area contributed by atoms with Gasteiger partial charge in [0.05, 0.1) is 16.9 Å². The average molecular weight is 615 g/mol. The van der Waals surface area contributed by atoms with Gasteiger partial charge >= 0.3 is 5.97 Å². The van der Waals surface area contributed by atoms with Crippen LogP contribution in [0.5, 0.6) is 17.2 Å². The highest BCUT2D eigenvalue weighted by Gasteiger charge is 2.28. The van der Waals surface area contributed by atoms with Crippen LogP contribution in [-0.2, 0) is 4.79 Å². The van der Waals surface area contributed by atoms with Crippen molar-refractivity contribution in [3.05, 3.63) is 103 Å². The lowest BCUT2D eigenvalue weighted by atomic mass is 9.85. The molecule has 0 spiro atoms. The summed E-state index contributed by atoms with van der Waals surface area (Å²) in [6, 6.07) is 27.2. The molecule has 0 amide bonds. The van der Waals surface area contributed by atoms with Gasteiger partial charge in [-0.05, 0) is 110 Å². The van der Waals surface area contributed by atoms with E-state index in [0.29, 0.717) is 23.6 Å². The summed E-state index contributed by atoms with van der Waals surface area (Å²) in [6.07, 6.45) is 1.50. The number of hydrogen-bond acceptors (Lipinski definition) is 12. The van der Waals surface area contributed by atoms with Gasteiger partial charge in [0.1, 0.15) is 17.2 Å². The smallest absolute Gasteiger partial charge is 0.335 e. The molecule has 0 aromatic heterocycles. The molecule has 45 heavy (non-hydrogen) atoms. The van der Waals surface area contributed by atoms with Crippen LogP contribution in [0.15, 0.2) is 107 Å². The third kappa shape index (κ3) is 11.7. The third-order valence-electron chi connectivity index (χ3n) is 6.60. The fraction of sp³-hybridized carbons (Fsp3) is 0.188. The monoisotopic (exact) mass is 614 g/mol. The number of carboxylic acid groups (broad SMARTS) is 1. The molecule has 1 fully saturated rings. The Labute approximate surface area is 260 Å². The molecule has 13 nitrogen and oxygen atoms in total. The summed E-state index contributed by atoms with van der Waals surface area (Å²) < 4.78 is 10.2. The molecule has 236 valence electrons. The zero-order valence-electron chi connectivity index (χ0n) is 24.5. The van der Waals surface area contributed by atoms with Gasteiger partial charge in [0.2, 0.25) is 0 Å². The van der Waals surface area contributed by atoms with E-state index in [1.807, 2.05) is 24.3 Å². The van der Waals surface area contributed by atoms with Gasteiger partial charge in [-0.15, -0.1) is 0 Å². The van der Waals surface area contributed by atoms with Gasteiger partial charge in [-0.2, -0.15) is 10.2 Å². The largest absolute Gasteiger partial charge is 0.478 e. The molecule has 0 bridgehead atoms. The minimum Gasteiger partial charge on any atom is -0.478 e. The van der Waals surface area contributed by atoms with Crippen LogP contribution in [0.2, 0.25) is 0 Å². The number of carbonyl (C=O) groups excluding carboxylic acids is 1. The Bertz CT molecular complexity index is 1450. The Kier molecular flexibility index (Phi) is 13.0. The molecular weight excluding hydrogens is 576 g/mol. The summed E-state index contributed by atoms with van der Waals surface area (Å²) in [5.74, 6) is 0.951. The number of carboxylic acids is 1. The number of hydrogen-bond donors (Lipinski definition) is 7. The Morgan fingerprint density at radius 2 is 0.978 bits per heavy atom. The van der Waals surface area contributed by atoms with Crippen molar-refractivity contribution < 1.29 is 24.2 Å². The second-order valence-electron chi connectivity index (χ2n) is 10.1. The molecule has 4 aromatic carbocycles. The summed E-state index contributed by atoms with van der Waals surface area (Å²) in [4.78, 5) is 20.8. The molecule has 0 aliphatic heterocycles. The molecule has 13 N–H and O–H groups in total. The highest BCUT2D eigenvalue weighted by Crippen LogP contribution is 2.23. The van der Waals surface area contributed by atoms with Crippen molar-refractivity contribution >= 4 is 35.2 Å². The maximum Gasteiger partial charge on any atom is 0.335 e. The van der Waals surface area contributed by atoms with E-state index < -0.39 is 5.97 Å². The molecule has 4 unspecified atom stereocenters. The molecule has 1 aliphatic rings. The predicted molar refractivity (Wildman–Crippen MR) is 174 cm³/mol. The molecule has 0 radical (unpaired) electrons. The summed E-state index contributed by atoms with van der Waals surface area (Å²) in [6.45, 7) is 0.348. The number of ether oxygens (including phenoxy) is 2. The molecular formula is C32H38N8O5. The number of rotatable bonds is 7. The summed E-state index contributed by atoms with van der Waals surface area (Å²) in [5.41, 5.74) is 36.6. The van der Waals surface area contributed by atoms with E-state index in [-0.39, 0.29) is 29.7 Å². The van der Waals surface area contributed by atoms with E-state index >= 15 is 0 Å². The van der Waals surface area contributed by atoms with Crippen LogP contribution in [0.4, 0.5) is 22.7 Å². The fourth-order valence-corrected chi connectivity index (χ4v) is 3.97. The van der Waals surface area contributed by atoms with Gasteiger partial charge in [-0.25, -0.2) is 4.79 Å². The van der Waals surface area contributed by atoms with Crippen molar-refractivity contribution in [1.29, 1.82) is 0 Å². The van der Waals surface area contributed by atoms with Gasteiger partial charge in [-0.1, -0.05) is 0 Å². The third-order valence-corrected chi connectivity index (χ3v) is 6.60. The van der Waals surface area contributed by atoms with E-state index in [1.54, 1.807) is 60.7 Å². The summed E-state index contributed by atoms with van der Waals surface area (Å²) >= 11 is 0. The molecule has 13 heteroatoms. The number of aromatic carboxylic acids is 1. The maximum absolute atomic E-state index is 10.7. The lowest BCUT2D eigenvalue weighted by Crippen LogP contribution is -2.58. The minimum atomic E-state index is -0.987. The lowest BCUT2D eigenvalue weighted by molar-refractivity contribution is -0.120. The Balaban J connectivity index is 0.000000195. The van der Waals surface area contributed by atoms with Crippen LogP contribution < -0.4 is 43.9 Å². The van der Waals surface area contributed by atoms with Crippen LogP contribution in [0.1, 0.15) is 23.2 Å². The molecule has 1 saturated carbocycles. The highest BCUT2D eigenvalue weighted by atomic mass is 16.5. The topological polar surface area (TPSA) is 254 Å². The Morgan fingerprint density at radius 1 is 0.622 bits per heavy atom. The zero-order valence-corrected chi connectivity index (χ0v) is 24.5. The second-order valence-corrected chi connectivity index (χ2v) is 10.1. The predicted octanol–water partition coefficient (Wildman–Crippen LogP) is 4.07. The van der Waals surface area contributed by atoms with Gasteiger partial charge in [-0.3, -0.25) is 4.79 Å². The molecule has 4 aromatic rings. The first-order valence-electron chi connectivity index (χ1n) is 13.9. The maximum atomic E-state index is 10.7. The SMILES string of the molecule is NC1CC(N)C(N)CC1N.Nc1ccc(Oc2ccc(N)cc2)cc1.O=COc1ccc(N=Nc2ccc(C(=O)O)cc2)cc1. The van der Waals surface area contributed by atoms with Crippen LogP contribution >= 0.6 is 0 Å². The van der Waals surface area contributed by atoms with Gasteiger partial charge < -0.3 is 49.0 Å². The molecule has 1 aliphatic carbocycles. The normalized spacial score (nSPS) is 18.8. The van der Waals surface area contributed by atoms with Crippen LogP contribution in [0.3, 0.4) is 0 Å². The number of anilines is 2. The molecule has 4 atom stereocenters. The van der Waals surface area contributed by atoms with E-state index in [1.165, 1.54) is 12.1 Å². The quantitative estimate of drug-likeness (QED) is 0.0887. The zero-order chi connectivity index (χ0) is 32.8. The Morgan fingerprint density at radius 3 is 1.33 bits per heavy atom. The summed E-state index contributed by atoms with van der Waals surface area (Å²) in [7, 11) is 0. The van der Waals surface area contributed by atoms with Crippen LogP contribution in [0, 0.1) is 0 Å². The number of nitrogens with two attached hydrogens (primary N) is 6. The van der Waals surface area contributed by atoms with Gasteiger partial charge in [0.25, 0.3) is 6.47 Å². The van der Waals surface area contributed by atoms with Crippen LogP contribution in [0.25, 0.3) is 0 Å².